The van der Waals surface area contributed by atoms with Crippen LogP contribution in [0.15, 0.2) is 84.9 Å². The molecule has 0 aliphatic heterocycles. The molecule has 0 bridgehead atoms. The third-order valence-corrected chi connectivity index (χ3v) is 15.4. The predicted octanol–water partition coefficient (Wildman–Crippen LogP) is 16.8. The van der Waals surface area contributed by atoms with E-state index in [0.29, 0.717) is 0 Å². The Balaban J connectivity index is 1.01. The van der Waals surface area contributed by atoms with E-state index in [1.165, 1.54) is 172 Å². The van der Waals surface area contributed by atoms with E-state index in [1.807, 2.05) is 45.3 Å². The van der Waals surface area contributed by atoms with Gasteiger partial charge in [0.05, 0.1) is 0 Å². The van der Waals surface area contributed by atoms with E-state index in [4.69, 9.17) is 0 Å². The van der Waals surface area contributed by atoms with Crippen molar-refractivity contribution in [1.29, 1.82) is 0 Å². The van der Waals surface area contributed by atoms with Gasteiger partial charge in [-0.05, 0) is 94.8 Å². The van der Waals surface area contributed by atoms with Gasteiger partial charge in [-0.1, -0.05) is 127 Å². The third kappa shape index (κ3) is 7.33. The van der Waals surface area contributed by atoms with E-state index in [1.54, 1.807) is 0 Å². The van der Waals surface area contributed by atoms with Crippen molar-refractivity contribution in [2.24, 2.45) is 0 Å². The fourth-order valence-electron chi connectivity index (χ4n) is 7.63. The van der Waals surface area contributed by atoms with Gasteiger partial charge in [-0.25, -0.2) is 0 Å². The fraction of sp³-hybridized carbons (Fsp3) is 0.348. The van der Waals surface area contributed by atoms with E-state index in [2.05, 4.69) is 98.8 Å². The molecule has 4 heteroatoms. The molecule has 0 N–H and O–H groups in total. The Kier molecular flexibility index (Phi) is 10.7. The highest BCUT2D eigenvalue weighted by molar-refractivity contribution is 7.34. The molecule has 0 unspecified atom stereocenters. The summed E-state index contributed by atoms with van der Waals surface area (Å²) < 4.78 is 5.61. The lowest BCUT2D eigenvalue weighted by molar-refractivity contribution is 0.607. The lowest BCUT2D eigenvalue weighted by Gasteiger charge is -2.05. The van der Waals surface area contributed by atoms with Crippen LogP contribution in [0, 0.1) is 0 Å². The first-order chi connectivity index (χ1) is 24.7. The number of unbranched alkanes of at least 4 members (excludes halogenated alkanes) is 10. The standard InChI is InChI=1S/C46H48S4/c1-3-5-7-9-11-13-15-31-17-19-33-21-23-39-37(35(33)25-31)27-41(47-39)43-29-45-46(49-43)30-44(50-45)42-28-38-36-26-32(16-14-12-10-8-6-4-2)18-20-34(36)22-24-40(38)48-42/h17-30H,3-16H2,1-2H3. The normalized spacial score (nSPS) is 12.1. The van der Waals surface area contributed by atoms with Crippen molar-refractivity contribution in [3.05, 3.63) is 96.1 Å². The first-order valence-electron chi connectivity index (χ1n) is 19.1. The lowest BCUT2D eigenvalue weighted by Crippen LogP contribution is -1.87. The SMILES string of the molecule is CCCCCCCCc1ccc2ccc3sc(-c4cc5sc(-c6cc7c(ccc8ccc(CCCCCCCC)cc87)s6)cc5s4)cc3c2c1. The van der Waals surface area contributed by atoms with E-state index in [-0.39, 0.29) is 0 Å². The van der Waals surface area contributed by atoms with Crippen LogP contribution in [-0.2, 0) is 12.8 Å². The maximum atomic E-state index is 2.48. The quantitative estimate of drug-likeness (QED) is 0.0869. The summed E-state index contributed by atoms with van der Waals surface area (Å²) in [6.45, 7) is 4.59. The topological polar surface area (TPSA) is 0 Å². The van der Waals surface area contributed by atoms with Gasteiger partial charge in [-0.15, -0.1) is 45.3 Å². The van der Waals surface area contributed by atoms with Crippen molar-refractivity contribution in [2.75, 3.05) is 0 Å². The smallest absolute Gasteiger partial charge is 0.0464 e. The van der Waals surface area contributed by atoms with Gasteiger partial charge in [-0.3, -0.25) is 0 Å². The van der Waals surface area contributed by atoms with Gasteiger partial charge in [0.15, 0.2) is 0 Å². The van der Waals surface area contributed by atoms with Gasteiger partial charge >= 0.3 is 0 Å². The van der Waals surface area contributed by atoms with E-state index in [0.717, 1.165) is 0 Å². The van der Waals surface area contributed by atoms with E-state index >= 15 is 0 Å². The van der Waals surface area contributed by atoms with E-state index in [9.17, 15) is 0 Å². The molecule has 8 aromatic rings. The predicted molar refractivity (Wildman–Crippen MR) is 231 cm³/mol. The third-order valence-electron chi connectivity index (χ3n) is 10.5. The number of thiophene rings is 4. The first-order valence-corrected chi connectivity index (χ1v) is 22.4. The average Bonchev–Trinajstić information content (AvgIpc) is 3.93. The Hall–Kier alpha value is -3.02. The minimum Gasteiger partial charge on any atom is -0.134 e. The van der Waals surface area contributed by atoms with Crippen molar-refractivity contribution in [2.45, 2.75) is 104 Å². The van der Waals surface area contributed by atoms with Gasteiger partial charge in [0.1, 0.15) is 0 Å². The van der Waals surface area contributed by atoms with Crippen LogP contribution in [0.3, 0.4) is 0 Å². The van der Waals surface area contributed by atoms with Crippen molar-refractivity contribution >= 4 is 96.5 Å². The van der Waals surface area contributed by atoms with Gasteiger partial charge < -0.3 is 0 Å². The Bertz CT molecular complexity index is 2180. The largest absolute Gasteiger partial charge is 0.134 e. The highest BCUT2D eigenvalue weighted by atomic mass is 32.1. The molecule has 8 rings (SSSR count). The second-order valence-electron chi connectivity index (χ2n) is 14.3. The molecule has 0 spiro atoms. The Morgan fingerprint density at radius 2 is 0.720 bits per heavy atom. The summed E-state index contributed by atoms with van der Waals surface area (Å²) in [4.78, 5) is 5.59. The van der Waals surface area contributed by atoms with Crippen LogP contribution in [0.1, 0.15) is 102 Å². The zero-order valence-electron chi connectivity index (χ0n) is 29.6. The molecular weight excluding hydrogens is 681 g/mol. The van der Waals surface area contributed by atoms with Crippen molar-refractivity contribution in [3.63, 3.8) is 0 Å². The molecule has 4 aromatic carbocycles. The van der Waals surface area contributed by atoms with Crippen LogP contribution in [0.4, 0.5) is 0 Å². The number of rotatable bonds is 16. The Morgan fingerprint density at radius 3 is 1.18 bits per heavy atom. The summed E-state index contributed by atoms with van der Waals surface area (Å²) >= 11 is 7.82. The van der Waals surface area contributed by atoms with Crippen LogP contribution < -0.4 is 0 Å². The van der Waals surface area contributed by atoms with Crippen LogP contribution in [0.2, 0.25) is 0 Å². The summed E-state index contributed by atoms with van der Waals surface area (Å²) in [5, 5.41) is 8.38. The molecule has 4 heterocycles. The molecular formula is C46H48S4. The molecule has 4 aromatic heterocycles. The Morgan fingerprint density at radius 1 is 0.340 bits per heavy atom. The molecule has 0 saturated heterocycles. The summed E-state index contributed by atoms with van der Waals surface area (Å²) in [6, 6.07) is 33.5. The monoisotopic (exact) mass is 728 g/mol. The summed E-state index contributed by atoms with van der Waals surface area (Å²) in [5.74, 6) is 0. The number of hydrogen-bond acceptors (Lipinski definition) is 4. The second-order valence-corrected chi connectivity index (χ2v) is 18.6. The van der Waals surface area contributed by atoms with Crippen LogP contribution in [-0.4, -0.2) is 0 Å². The molecule has 0 amide bonds. The molecule has 0 nitrogen and oxygen atoms in total. The highest BCUT2D eigenvalue weighted by Gasteiger charge is 2.16. The van der Waals surface area contributed by atoms with Gasteiger partial charge in [0.25, 0.3) is 0 Å². The molecule has 0 saturated carbocycles. The first kappa shape index (κ1) is 34.1. The number of fused-ring (bicyclic) bond motifs is 7. The number of aryl methyl sites for hydroxylation is 2. The molecule has 50 heavy (non-hydrogen) atoms. The lowest BCUT2D eigenvalue weighted by atomic mass is 10.00. The molecule has 0 aliphatic carbocycles. The number of benzene rings is 4. The zero-order chi connectivity index (χ0) is 33.9. The Labute approximate surface area is 313 Å². The maximum absolute atomic E-state index is 2.48. The molecule has 0 radical (unpaired) electrons. The molecule has 0 atom stereocenters. The molecule has 0 aliphatic rings. The highest BCUT2D eigenvalue weighted by Crippen LogP contribution is 2.47. The van der Waals surface area contributed by atoms with Crippen molar-refractivity contribution in [3.8, 4) is 19.5 Å². The van der Waals surface area contributed by atoms with Crippen molar-refractivity contribution < 1.29 is 0 Å². The van der Waals surface area contributed by atoms with Crippen LogP contribution in [0.5, 0.6) is 0 Å². The fourth-order valence-corrected chi connectivity index (χ4v) is 12.3. The van der Waals surface area contributed by atoms with Gasteiger partial charge in [-0.2, -0.15) is 0 Å². The summed E-state index contributed by atoms with van der Waals surface area (Å²) in [5.41, 5.74) is 2.97. The summed E-state index contributed by atoms with van der Waals surface area (Å²) in [6.07, 6.45) is 18.6. The van der Waals surface area contributed by atoms with Crippen molar-refractivity contribution in [1.82, 2.24) is 0 Å². The van der Waals surface area contributed by atoms with Crippen LogP contribution in [0.25, 0.3) is 70.6 Å². The summed E-state index contributed by atoms with van der Waals surface area (Å²) in [7, 11) is 0. The minimum absolute atomic E-state index is 1.19. The van der Waals surface area contributed by atoms with Gasteiger partial charge in [0, 0.05) is 49.1 Å². The second kappa shape index (κ2) is 15.7. The minimum atomic E-state index is 1.19. The van der Waals surface area contributed by atoms with Crippen LogP contribution >= 0.6 is 45.3 Å². The van der Waals surface area contributed by atoms with Gasteiger partial charge in [0.2, 0.25) is 0 Å². The molecule has 256 valence electrons. The maximum Gasteiger partial charge on any atom is 0.0464 e. The zero-order valence-corrected chi connectivity index (χ0v) is 32.9. The molecule has 0 fully saturated rings. The average molecular weight is 729 g/mol. The number of hydrogen-bond donors (Lipinski definition) is 0. The van der Waals surface area contributed by atoms with E-state index < -0.39 is 0 Å².